The molecule has 2 amide bonds. The zero-order valence-corrected chi connectivity index (χ0v) is 17.8. The molecule has 7 nitrogen and oxygen atoms in total. The molecule has 3 aromatic rings. The van der Waals surface area contributed by atoms with Gasteiger partial charge in [-0.1, -0.05) is 6.07 Å². The first kappa shape index (κ1) is 19.2. The monoisotopic (exact) mass is 431 g/mol. The molecule has 1 saturated heterocycles. The summed E-state index contributed by atoms with van der Waals surface area (Å²) in [5.74, 6) is 1.45. The molecule has 1 saturated carbocycles. The van der Waals surface area contributed by atoms with Gasteiger partial charge in [-0.05, 0) is 74.1 Å². The molecule has 0 spiro atoms. The number of rotatable bonds is 4. The van der Waals surface area contributed by atoms with Crippen molar-refractivity contribution in [2.75, 3.05) is 25.2 Å². The zero-order chi connectivity index (χ0) is 21.7. The Morgan fingerprint density at radius 3 is 2.56 bits per heavy atom. The van der Waals surface area contributed by atoms with Crippen LogP contribution >= 0.6 is 0 Å². The fraction of sp³-hybridized carbons (Fsp3) is 0.360. The molecule has 7 heteroatoms. The van der Waals surface area contributed by atoms with Gasteiger partial charge in [-0.15, -0.1) is 0 Å². The number of anilines is 1. The maximum absolute atomic E-state index is 13.2. The van der Waals surface area contributed by atoms with Crippen LogP contribution in [0.1, 0.15) is 48.2 Å². The second-order valence-corrected chi connectivity index (χ2v) is 8.94. The number of aromatic amines is 1. The lowest BCUT2D eigenvalue weighted by atomic mass is 9.94. The van der Waals surface area contributed by atoms with Crippen LogP contribution in [0.2, 0.25) is 0 Å². The predicted molar refractivity (Wildman–Crippen MR) is 120 cm³/mol. The number of fused-ring (bicyclic) bond motifs is 2. The average molecular weight is 431 g/mol. The third kappa shape index (κ3) is 3.20. The number of nitrogens with zero attached hydrogens (tertiary/aromatic N) is 1. The number of hydrogen-bond acceptors (Lipinski definition) is 4. The summed E-state index contributed by atoms with van der Waals surface area (Å²) in [6.45, 7) is 1.85. The van der Waals surface area contributed by atoms with Gasteiger partial charge in [0, 0.05) is 29.7 Å². The fourth-order valence-electron chi connectivity index (χ4n) is 4.81. The maximum Gasteiger partial charge on any atom is 0.270 e. The number of carbonyl (C=O) groups excluding carboxylic acids is 2. The van der Waals surface area contributed by atoms with Crippen molar-refractivity contribution in [2.45, 2.75) is 37.5 Å². The van der Waals surface area contributed by atoms with Crippen LogP contribution in [0.4, 0.5) is 5.69 Å². The van der Waals surface area contributed by atoms with Crippen LogP contribution < -0.4 is 14.8 Å². The number of benzene rings is 2. The average Bonchev–Trinajstić information content (AvgIpc) is 3.32. The minimum Gasteiger partial charge on any atom is -0.454 e. The van der Waals surface area contributed by atoms with E-state index in [4.69, 9.17) is 9.47 Å². The van der Waals surface area contributed by atoms with Crippen molar-refractivity contribution < 1.29 is 19.1 Å². The molecule has 6 rings (SSSR count). The molecule has 2 fully saturated rings. The Morgan fingerprint density at radius 2 is 1.75 bits per heavy atom. The minimum atomic E-state index is -0.524. The highest BCUT2D eigenvalue weighted by atomic mass is 16.7. The number of carbonyl (C=O) groups is 2. The van der Waals surface area contributed by atoms with Gasteiger partial charge in [0.1, 0.15) is 5.69 Å². The number of likely N-dealkylation sites (tertiary alicyclic amines) is 1. The molecule has 1 aliphatic carbocycles. The standard InChI is InChI=1S/C25H25N3O4/c29-23(28-10-2-1-3-11-28)20-13-16-12-18(5-6-19(16)27-20)26-24(30)25(8-9-25)17-4-7-21-22(14-17)32-15-31-21/h4-7,12-14,27H,1-3,8-11,15H2,(H,26,30). The van der Waals surface area contributed by atoms with E-state index >= 15 is 0 Å². The second-order valence-electron chi connectivity index (χ2n) is 8.94. The van der Waals surface area contributed by atoms with Crippen LogP contribution in [-0.2, 0) is 10.2 Å². The Kier molecular flexibility index (Phi) is 4.38. The number of nitrogens with one attached hydrogen (secondary N) is 2. The van der Waals surface area contributed by atoms with Crippen molar-refractivity contribution in [1.82, 2.24) is 9.88 Å². The van der Waals surface area contributed by atoms with Crippen LogP contribution in [0.15, 0.2) is 42.5 Å². The third-order valence-corrected chi connectivity index (χ3v) is 6.86. The summed E-state index contributed by atoms with van der Waals surface area (Å²) < 4.78 is 10.9. The van der Waals surface area contributed by atoms with Gasteiger partial charge >= 0.3 is 0 Å². The molecule has 2 N–H and O–H groups in total. The third-order valence-electron chi connectivity index (χ3n) is 6.86. The van der Waals surface area contributed by atoms with Crippen molar-refractivity contribution in [2.24, 2.45) is 0 Å². The highest BCUT2D eigenvalue weighted by Crippen LogP contribution is 2.51. The van der Waals surface area contributed by atoms with Crippen LogP contribution in [-0.4, -0.2) is 41.6 Å². The summed E-state index contributed by atoms with van der Waals surface area (Å²) in [5.41, 5.74) is 2.65. The van der Waals surface area contributed by atoms with Gasteiger partial charge in [0.2, 0.25) is 12.7 Å². The number of aromatic nitrogens is 1. The lowest BCUT2D eigenvalue weighted by Gasteiger charge is -2.26. The van der Waals surface area contributed by atoms with E-state index in [0.717, 1.165) is 66.7 Å². The summed E-state index contributed by atoms with van der Waals surface area (Å²) in [7, 11) is 0. The van der Waals surface area contributed by atoms with E-state index in [1.165, 1.54) is 6.42 Å². The molecule has 2 aliphatic heterocycles. The largest absolute Gasteiger partial charge is 0.454 e. The van der Waals surface area contributed by atoms with Crippen molar-refractivity contribution in [3.63, 3.8) is 0 Å². The first-order valence-corrected chi connectivity index (χ1v) is 11.3. The topological polar surface area (TPSA) is 83.7 Å². The molecule has 3 aliphatic rings. The van der Waals surface area contributed by atoms with Gasteiger partial charge in [-0.3, -0.25) is 9.59 Å². The molecule has 32 heavy (non-hydrogen) atoms. The van der Waals surface area contributed by atoms with Gasteiger partial charge in [0.25, 0.3) is 5.91 Å². The molecule has 0 atom stereocenters. The fourth-order valence-corrected chi connectivity index (χ4v) is 4.81. The maximum atomic E-state index is 13.2. The van der Waals surface area contributed by atoms with E-state index in [1.54, 1.807) is 0 Å². The summed E-state index contributed by atoms with van der Waals surface area (Å²) in [5, 5.41) is 4.00. The van der Waals surface area contributed by atoms with Gasteiger partial charge in [-0.25, -0.2) is 0 Å². The summed E-state index contributed by atoms with van der Waals surface area (Å²) in [6, 6.07) is 13.3. The second kappa shape index (κ2) is 7.29. The minimum absolute atomic E-state index is 0.0177. The summed E-state index contributed by atoms with van der Waals surface area (Å²) in [6.07, 6.45) is 4.92. The number of piperidine rings is 1. The highest BCUT2D eigenvalue weighted by molar-refractivity contribution is 6.03. The van der Waals surface area contributed by atoms with E-state index < -0.39 is 5.41 Å². The van der Waals surface area contributed by atoms with Crippen LogP contribution in [0, 0.1) is 0 Å². The smallest absolute Gasteiger partial charge is 0.270 e. The van der Waals surface area contributed by atoms with Crippen LogP contribution in [0.3, 0.4) is 0 Å². The van der Waals surface area contributed by atoms with Crippen molar-refractivity contribution in [3.05, 3.63) is 53.7 Å². The molecular formula is C25H25N3O4. The molecule has 3 heterocycles. The van der Waals surface area contributed by atoms with Gasteiger partial charge < -0.3 is 24.7 Å². The SMILES string of the molecule is O=C(c1cc2cc(NC(=O)C3(c4ccc5c(c4)OCO5)CC3)ccc2[nH]1)N1CCCCC1. The number of amides is 2. The van der Waals surface area contributed by atoms with E-state index in [-0.39, 0.29) is 18.6 Å². The van der Waals surface area contributed by atoms with Gasteiger partial charge in [-0.2, -0.15) is 0 Å². The first-order valence-electron chi connectivity index (χ1n) is 11.3. The van der Waals surface area contributed by atoms with Crippen LogP contribution in [0.25, 0.3) is 10.9 Å². The van der Waals surface area contributed by atoms with Gasteiger partial charge in [0.05, 0.1) is 5.41 Å². The van der Waals surface area contributed by atoms with E-state index in [1.807, 2.05) is 47.4 Å². The number of hydrogen-bond donors (Lipinski definition) is 2. The number of ether oxygens (including phenoxy) is 2. The quantitative estimate of drug-likeness (QED) is 0.649. The highest BCUT2D eigenvalue weighted by Gasteiger charge is 2.51. The molecule has 2 aromatic carbocycles. The van der Waals surface area contributed by atoms with Gasteiger partial charge in [0.15, 0.2) is 11.5 Å². The molecule has 164 valence electrons. The lowest BCUT2D eigenvalue weighted by molar-refractivity contribution is -0.118. The molecule has 0 bridgehead atoms. The Morgan fingerprint density at radius 1 is 0.938 bits per heavy atom. The molecular weight excluding hydrogens is 406 g/mol. The van der Waals surface area contributed by atoms with Crippen molar-refractivity contribution in [1.29, 1.82) is 0 Å². The van der Waals surface area contributed by atoms with Crippen LogP contribution in [0.5, 0.6) is 11.5 Å². The Labute approximate surface area is 185 Å². The van der Waals surface area contributed by atoms with E-state index in [9.17, 15) is 9.59 Å². The normalized spacial score (nSPS) is 18.6. The lowest BCUT2D eigenvalue weighted by Crippen LogP contribution is -2.35. The molecule has 0 unspecified atom stereocenters. The summed E-state index contributed by atoms with van der Waals surface area (Å²) >= 11 is 0. The Balaban J connectivity index is 1.21. The Hall–Kier alpha value is -3.48. The first-order chi connectivity index (χ1) is 15.6. The van der Waals surface area contributed by atoms with E-state index in [2.05, 4.69) is 10.3 Å². The van der Waals surface area contributed by atoms with Crippen molar-refractivity contribution >= 4 is 28.4 Å². The Bertz CT molecular complexity index is 1220. The molecule has 1 aromatic heterocycles. The zero-order valence-electron chi connectivity index (χ0n) is 17.8. The number of H-pyrrole nitrogens is 1. The summed E-state index contributed by atoms with van der Waals surface area (Å²) in [4.78, 5) is 31.2. The van der Waals surface area contributed by atoms with E-state index in [0.29, 0.717) is 11.4 Å². The molecule has 0 radical (unpaired) electrons. The van der Waals surface area contributed by atoms with Crippen molar-refractivity contribution in [3.8, 4) is 11.5 Å². The predicted octanol–water partition coefficient (Wildman–Crippen LogP) is 4.19.